The molecular formula is C22H14N6S. The van der Waals surface area contributed by atoms with Crippen LogP contribution in [0.3, 0.4) is 0 Å². The van der Waals surface area contributed by atoms with Gasteiger partial charge >= 0.3 is 0 Å². The van der Waals surface area contributed by atoms with Gasteiger partial charge in [-0.1, -0.05) is 6.07 Å². The van der Waals surface area contributed by atoms with E-state index >= 15 is 0 Å². The van der Waals surface area contributed by atoms with Gasteiger partial charge < -0.3 is 4.98 Å². The number of nitrogens with one attached hydrogen (secondary N) is 2. The van der Waals surface area contributed by atoms with Gasteiger partial charge in [-0.15, -0.1) is 0 Å². The first kappa shape index (κ1) is 16.1. The predicted octanol–water partition coefficient (Wildman–Crippen LogP) is 5.29. The number of H-pyrrole nitrogens is 2. The third-order valence-corrected chi connectivity index (χ3v) is 5.68. The molecule has 0 fully saturated rings. The molecule has 138 valence electrons. The molecule has 0 aliphatic heterocycles. The Morgan fingerprint density at radius 3 is 2.69 bits per heavy atom. The number of hydrogen-bond donors (Lipinski definition) is 2. The molecule has 6 rings (SSSR count). The molecule has 6 nitrogen and oxygen atoms in total. The summed E-state index contributed by atoms with van der Waals surface area (Å²) in [5.41, 5.74) is 7.49. The summed E-state index contributed by atoms with van der Waals surface area (Å²) in [6.45, 7) is 0. The Labute approximate surface area is 169 Å². The summed E-state index contributed by atoms with van der Waals surface area (Å²) >= 11 is 1.69. The standard InChI is InChI=1S/C22H14N6S/c1-2-6-23-18(3-1)14-9-17-20(27-28-22(17)25-11-14)19-10-16-15(13-5-8-29-12-13)4-7-24-21(16)26-19/h1-12H,(H,24,26)(H,25,27,28). The lowest BCUT2D eigenvalue weighted by atomic mass is 10.1. The van der Waals surface area contributed by atoms with Crippen molar-refractivity contribution in [2.75, 3.05) is 0 Å². The summed E-state index contributed by atoms with van der Waals surface area (Å²) < 4.78 is 0. The SMILES string of the molecule is c1ccc(-c2cnc3[nH]nc(-c4cc5c(-c6ccsc6)ccnc5[nH]4)c3c2)nc1. The van der Waals surface area contributed by atoms with E-state index in [-0.39, 0.29) is 0 Å². The van der Waals surface area contributed by atoms with Gasteiger partial charge in [0.05, 0.1) is 11.4 Å². The molecule has 0 saturated carbocycles. The molecule has 0 atom stereocenters. The normalized spacial score (nSPS) is 11.4. The highest BCUT2D eigenvalue weighted by atomic mass is 32.1. The zero-order valence-electron chi connectivity index (χ0n) is 15.1. The number of hydrogen-bond acceptors (Lipinski definition) is 5. The van der Waals surface area contributed by atoms with Crippen LogP contribution in [-0.4, -0.2) is 30.1 Å². The molecule has 6 aromatic heterocycles. The van der Waals surface area contributed by atoms with Crippen LogP contribution in [0.15, 0.2) is 71.8 Å². The van der Waals surface area contributed by atoms with E-state index in [2.05, 4.69) is 59.1 Å². The van der Waals surface area contributed by atoms with Crippen molar-refractivity contribution in [3.63, 3.8) is 0 Å². The second kappa shape index (κ2) is 6.35. The Bertz CT molecular complexity index is 1450. The molecule has 0 unspecified atom stereocenters. The number of rotatable bonds is 3. The minimum absolute atomic E-state index is 0.740. The summed E-state index contributed by atoms with van der Waals surface area (Å²) in [5, 5.41) is 13.8. The van der Waals surface area contributed by atoms with Crippen molar-refractivity contribution < 1.29 is 0 Å². The largest absolute Gasteiger partial charge is 0.338 e. The van der Waals surface area contributed by atoms with Gasteiger partial charge in [0.15, 0.2) is 5.65 Å². The number of aromatic nitrogens is 6. The van der Waals surface area contributed by atoms with Crippen molar-refractivity contribution >= 4 is 33.4 Å². The Balaban J connectivity index is 1.53. The zero-order valence-corrected chi connectivity index (χ0v) is 15.9. The minimum Gasteiger partial charge on any atom is -0.338 e. The van der Waals surface area contributed by atoms with Gasteiger partial charge in [0.25, 0.3) is 0 Å². The van der Waals surface area contributed by atoms with Crippen molar-refractivity contribution in [2.45, 2.75) is 0 Å². The molecule has 0 spiro atoms. The lowest BCUT2D eigenvalue weighted by Crippen LogP contribution is -1.85. The Kier molecular flexibility index (Phi) is 3.54. The van der Waals surface area contributed by atoms with E-state index in [9.17, 15) is 0 Å². The van der Waals surface area contributed by atoms with Crippen molar-refractivity contribution in [1.82, 2.24) is 30.1 Å². The van der Waals surface area contributed by atoms with Crippen LogP contribution >= 0.6 is 11.3 Å². The smallest absolute Gasteiger partial charge is 0.155 e. The third-order valence-electron chi connectivity index (χ3n) is 5.00. The fourth-order valence-corrected chi connectivity index (χ4v) is 4.26. The summed E-state index contributed by atoms with van der Waals surface area (Å²) in [4.78, 5) is 16.9. The number of aromatic amines is 2. The fourth-order valence-electron chi connectivity index (χ4n) is 3.61. The van der Waals surface area contributed by atoms with Gasteiger partial charge in [0.1, 0.15) is 11.3 Å². The van der Waals surface area contributed by atoms with Crippen molar-refractivity contribution in [1.29, 1.82) is 0 Å². The third kappa shape index (κ3) is 2.63. The van der Waals surface area contributed by atoms with Crippen LogP contribution in [0.1, 0.15) is 0 Å². The number of fused-ring (bicyclic) bond motifs is 2. The molecule has 0 radical (unpaired) electrons. The molecule has 0 bridgehead atoms. The van der Waals surface area contributed by atoms with Crippen LogP contribution in [-0.2, 0) is 0 Å². The maximum absolute atomic E-state index is 4.53. The first-order valence-electron chi connectivity index (χ1n) is 9.13. The molecule has 7 heteroatoms. The maximum Gasteiger partial charge on any atom is 0.155 e. The van der Waals surface area contributed by atoms with E-state index in [1.165, 1.54) is 5.56 Å². The molecule has 0 saturated heterocycles. The van der Waals surface area contributed by atoms with E-state index in [0.717, 1.165) is 50.3 Å². The van der Waals surface area contributed by atoms with E-state index in [1.807, 2.05) is 36.7 Å². The quantitative estimate of drug-likeness (QED) is 0.427. The van der Waals surface area contributed by atoms with Crippen LogP contribution in [0.4, 0.5) is 0 Å². The maximum atomic E-state index is 4.53. The van der Waals surface area contributed by atoms with Crippen LogP contribution in [0.2, 0.25) is 0 Å². The van der Waals surface area contributed by atoms with Gasteiger partial charge in [0, 0.05) is 34.9 Å². The van der Waals surface area contributed by atoms with Crippen molar-refractivity contribution in [2.24, 2.45) is 0 Å². The Morgan fingerprint density at radius 1 is 0.828 bits per heavy atom. The predicted molar refractivity (Wildman–Crippen MR) is 116 cm³/mol. The average molecular weight is 394 g/mol. The van der Waals surface area contributed by atoms with E-state index in [0.29, 0.717) is 0 Å². The van der Waals surface area contributed by atoms with E-state index in [1.54, 1.807) is 17.5 Å². The highest BCUT2D eigenvalue weighted by Gasteiger charge is 2.15. The minimum atomic E-state index is 0.740. The fraction of sp³-hybridized carbons (Fsp3) is 0. The summed E-state index contributed by atoms with van der Waals surface area (Å²) in [7, 11) is 0. The van der Waals surface area contributed by atoms with Crippen molar-refractivity contribution in [3.8, 4) is 33.8 Å². The molecule has 6 heterocycles. The van der Waals surface area contributed by atoms with Gasteiger partial charge in [-0.25, -0.2) is 9.97 Å². The lowest BCUT2D eigenvalue weighted by molar-refractivity contribution is 1.10. The first-order chi connectivity index (χ1) is 14.4. The molecule has 0 amide bonds. The molecule has 0 aliphatic carbocycles. The molecule has 29 heavy (non-hydrogen) atoms. The Hall–Kier alpha value is -3.84. The topological polar surface area (TPSA) is 83.1 Å². The average Bonchev–Trinajstić information content (AvgIpc) is 3.52. The molecular weight excluding hydrogens is 380 g/mol. The van der Waals surface area contributed by atoms with Crippen LogP contribution < -0.4 is 0 Å². The highest BCUT2D eigenvalue weighted by molar-refractivity contribution is 7.08. The summed E-state index contributed by atoms with van der Waals surface area (Å²) in [6, 6.07) is 14.2. The monoisotopic (exact) mass is 394 g/mol. The first-order valence-corrected chi connectivity index (χ1v) is 10.1. The van der Waals surface area contributed by atoms with Gasteiger partial charge in [0.2, 0.25) is 0 Å². The van der Waals surface area contributed by atoms with Gasteiger partial charge in [-0.2, -0.15) is 16.4 Å². The van der Waals surface area contributed by atoms with Crippen molar-refractivity contribution in [3.05, 3.63) is 71.8 Å². The molecule has 0 aliphatic rings. The number of thiophene rings is 1. The Morgan fingerprint density at radius 2 is 1.83 bits per heavy atom. The molecule has 2 N–H and O–H groups in total. The van der Waals surface area contributed by atoms with Gasteiger partial charge in [-0.05, 0) is 58.3 Å². The number of pyridine rings is 3. The second-order valence-corrected chi connectivity index (χ2v) is 7.50. The number of nitrogens with zero attached hydrogens (tertiary/aromatic N) is 4. The molecule has 0 aromatic carbocycles. The van der Waals surface area contributed by atoms with E-state index in [4.69, 9.17) is 0 Å². The highest BCUT2D eigenvalue weighted by Crippen LogP contribution is 2.34. The summed E-state index contributed by atoms with van der Waals surface area (Å²) in [6.07, 6.45) is 5.43. The van der Waals surface area contributed by atoms with Gasteiger partial charge in [-0.3, -0.25) is 10.1 Å². The molecule has 6 aromatic rings. The zero-order chi connectivity index (χ0) is 19.2. The summed E-state index contributed by atoms with van der Waals surface area (Å²) in [5.74, 6) is 0. The van der Waals surface area contributed by atoms with Crippen LogP contribution in [0.5, 0.6) is 0 Å². The lowest BCUT2D eigenvalue weighted by Gasteiger charge is -2.00. The van der Waals surface area contributed by atoms with Crippen LogP contribution in [0.25, 0.3) is 55.8 Å². The van der Waals surface area contributed by atoms with E-state index < -0.39 is 0 Å². The second-order valence-electron chi connectivity index (χ2n) is 6.72. The van der Waals surface area contributed by atoms with Crippen LogP contribution in [0, 0.1) is 0 Å².